The molecule has 35 heavy (non-hydrogen) atoms. The zero-order chi connectivity index (χ0) is 24.8. The van der Waals surface area contributed by atoms with Crippen LogP contribution in [0.3, 0.4) is 0 Å². The summed E-state index contributed by atoms with van der Waals surface area (Å²) in [5, 5.41) is 8.31. The van der Waals surface area contributed by atoms with Crippen LogP contribution in [0.5, 0.6) is 0 Å². The lowest BCUT2D eigenvalue weighted by Crippen LogP contribution is -2.15. The van der Waals surface area contributed by atoms with E-state index in [1.165, 1.54) is 19.4 Å². The maximum absolute atomic E-state index is 14.3. The summed E-state index contributed by atoms with van der Waals surface area (Å²) in [4.78, 5) is 35.5. The molecule has 9 nitrogen and oxygen atoms in total. The molecule has 0 saturated heterocycles. The third-order valence-corrected chi connectivity index (χ3v) is 4.69. The van der Waals surface area contributed by atoms with E-state index in [2.05, 4.69) is 35.6 Å². The number of aromatic nitrogens is 3. The fraction of sp³-hybridized carbons (Fsp3) is 0.0417. The third kappa shape index (κ3) is 5.71. The highest BCUT2D eigenvalue weighted by atomic mass is 19.1. The SMILES string of the molecule is COC(=O)c1ccc(Nc2ncc(F)c(Nc3ccc(NC(=O)c4ncccc4F)cc3)n2)cc1. The van der Waals surface area contributed by atoms with Gasteiger partial charge in [0.2, 0.25) is 5.95 Å². The monoisotopic (exact) mass is 476 g/mol. The second-order valence-corrected chi connectivity index (χ2v) is 7.07. The molecule has 0 fully saturated rings. The highest BCUT2D eigenvalue weighted by molar-refractivity contribution is 6.03. The Hall–Kier alpha value is -4.93. The van der Waals surface area contributed by atoms with E-state index >= 15 is 0 Å². The maximum atomic E-state index is 14.3. The summed E-state index contributed by atoms with van der Waals surface area (Å²) in [6.07, 6.45) is 2.33. The van der Waals surface area contributed by atoms with Gasteiger partial charge in [-0.3, -0.25) is 4.79 Å². The first kappa shape index (κ1) is 23.2. The van der Waals surface area contributed by atoms with Crippen molar-refractivity contribution in [2.24, 2.45) is 0 Å². The first-order valence-corrected chi connectivity index (χ1v) is 10.2. The molecule has 0 aliphatic rings. The molecule has 1 amide bonds. The summed E-state index contributed by atoms with van der Waals surface area (Å²) in [7, 11) is 1.29. The van der Waals surface area contributed by atoms with E-state index in [4.69, 9.17) is 0 Å². The minimum absolute atomic E-state index is 0.0824. The molecule has 0 aliphatic heterocycles. The van der Waals surface area contributed by atoms with Gasteiger partial charge in [0.05, 0.1) is 18.9 Å². The molecule has 2 aromatic carbocycles. The van der Waals surface area contributed by atoms with Gasteiger partial charge < -0.3 is 20.7 Å². The second kappa shape index (κ2) is 10.3. The van der Waals surface area contributed by atoms with Gasteiger partial charge in [0.1, 0.15) is 0 Å². The van der Waals surface area contributed by atoms with Crippen molar-refractivity contribution in [3.05, 3.63) is 95.9 Å². The predicted molar refractivity (Wildman–Crippen MR) is 125 cm³/mol. The van der Waals surface area contributed by atoms with Gasteiger partial charge >= 0.3 is 5.97 Å². The fourth-order valence-electron chi connectivity index (χ4n) is 2.97. The van der Waals surface area contributed by atoms with Gasteiger partial charge in [-0.1, -0.05) is 0 Å². The van der Waals surface area contributed by atoms with Crippen LogP contribution in [-0.2, 0) is 4.74 Å². The van der Waals surface area contributed by atoms with Crippen molar-refractivity contribution in [3.8, 4) is 0 Å². The molecule has 2 aromatic heterocycles. The Kier molecular flexibility index (Phi) is 6.86. The van der Waals surface area contributed by atoms with Crippen LogP contribution < -0.4 is 16.0 Å². The molecule has 4 aromatic rings. The molecule has 176 valence electrons. The predicted octanol–water partition coefficient (Wildman–Crippen LogP) is 4.68. The van der Waals surface area contributed by atoms with Crippen molar-refractivity contribution < 1.29 is 23.1 Å². The Morgan fingerprint density at radius 1 is 0.829 bits per heavy atom. The number of esters is 1. The first-order chi connectivity index (χ1) is 16.9. The molecular formula is C24H18F2N6O3. The molecule has 0 saturated carbocycles. The number of methoxy groups -OCH3 is 1. The van der Waals surface area contributed by atoms with Crippen LogP contribution >= 0.6 is 0 Å². The standard InChI is InChI=1S/C24H18F2N6O3/c1-35-23(34)14-4-6-17(7-5-14)31-24-28-13-19(26)21(32-24)29-15-8-10-16(11-9-15)30-22(33)20-18(25)3-2-12-27-20/h2-13H,1H3,(H,30,33)(H2,28,29,31,32). The smallest absolute Gasteiger partial charge is 0.337 e. The molecule has 0 aliphatic carbocycles. The van der Waals surface area contributed by atoms with Crippen molar-refractivity contribution in [1.29, 1.82) is 0 Å². The quantitative estimate of drug-likeness (QED) is 0.329. The molecule has 0 unspecified atom stereocenters. The van der Waals surface area contributed by atoms with E-state index in [9.17, 15) is 18.4 Å². The second-order valence-electron chi connectivity index (χ2n) is 7.07. The molecule has 0 radical (unpaired) electrons. The zero-order valence-corrected chi connectivity index (χ0v) is 18.3. The Balaban J connectivity index is 1.42. The number of anilines is 5. The van der Waals surface area contributed by atoms with E-state index < -0.39 is 23.5 Å². The van der Waals surface area contributed by atoms with Crippen molar-refractivity contribution >= 4 is 40.7 Å². The number of ether oxygens (including phenoxy) is 1. The lowest BCUT2D eigenvalue weighted by Gasteiger charge is -2.11. The summed E-state index contributed by atoms with van der Waals surface area (Å²) in [6, 6.07) is 15.2. The fourth-order valence-corrected chi connectivity index (χ4v) is 2.97. The number of pyridine rings is 1. The Morgan fingerprint density at radius 3 is 2.17 bits per heavy atom. The number of hydrogen-bond acceptors (Lipinski definition) is 8. The third-order valence-electron chi connectivity index (χ3n) is 4.69. The Bertz CT molecular complexity index is 1360. The molecule has 0 spiro atoms. The summed E-state index contributed by atoms with van der Waals surface area (Å²) >= 11 is 0. The summed E-state index contributed by atoms with van der Waals surface area (Å²) in [5.74, 6) is -2.52. The minimum Gasteiger partial charge on any atom is -0.465 e. The number of nitrogens with one attached hydrogen (secondary N) is 3. The van der Waals surface area contributed by atoms with E-state index in [0.717, 1.165) is 12.3 Å². The van der Waals surface area contributed by atoms with Crippen LogP contribution in [-0.4, -0.2) is 33.9 Å². The van der Waals surface area contributed by atoms with Crippen molar-refractivity contribution in [2.45, 2.75) is 0 Å². The molecule has 3 N–H and O–H groups in total. The molecule has 4 rings (SSSR count). The van der Waals surface area contributed by atoms with Crippen LogP contribution in [0.25, 0.3) is 0 Å². The molecule has 0 bridgehead atoms. The van der Waals surface area contributed by atoms with E-state index in [0.29, 0.717) is 22.6 Å². The lowest BCUT2D eigenvalue weighted by molar-refractivity contribution is 0.0600. The van der Waals surface area contributed by atoms with E-state index in [1.54, 1.807) is 48.5 Å². The molecule has 11 heteroatoms. The summed E-state index contributed by atoms with van der Waals surface area (Å²) in [5.41, 5.74) is 1.52. The highest BCUT2D eigenvalue weighted by Gasteiger charge is 2.13. The lowest BCUT2D eigenvalue weighted by atomic mass is 10.2. The average Bonchev–Trinajstić information content (AvgIpc) is 2.87. The summed E-state index contributed by atoms with van der Waals surface area (Å²) in [6.45, 7) is 0. The number of rotatable bonds is 7. The number of hydrogen-bond donors (Lipinski definition) is 3. The van der Waals surface area contributed by atoms with Gasteiger partial charge in [-0.15, -0.1) is 0 Å². The van der Waals surface area contributed by atoms with Crippen LogP contribution in [0.15, 0.2) is 73.1 Å². The van der Waals surface area contributed by atoms with Crippen molar-refractivity contribution in [2.75, 3.05) is 23.1 Å². The number of nitrogens with zero attached hydrogens (tertiary/aromatic N) is 3. The maximum Gasteiger partial charge on any atom is 0.337 e. The van der Waals surface area contributed by atoms with E-state index in [-0.39, 0.29) is 17.5 Å². The van der Waals surface area contributed by atoms with Crippen LogP contribution in [0.1, 0.15) is 20.8 Å². The summed E-state index contributed by atoms with van der Waals surface area (Å²) < 4.78 is 32.7. The molecule has 2 heterocycles. The van der Waals surface area contributed by atoms with Crippen LogP contribution in [0.2, 0.25) is 0 Å². The van der Waals surface area contributed by atoms with Crippen LogP contribution in [0.4, 0.5) is 37.6 Å². The number of amides is 1. The van der Waals surface area contributed by atoms with Gasteiger partial charge in [-0.2, -0.15) is 4.98 Å². The minimum atomic E-state index is -0.730. The van der Waals surface area contributed by atoms with Crippen LogP contribution in [0, 0.1) is 11.6 Å². The number of benzene rings is 2. The zero-order valence-electron chi connectivity index (χ0n) is 18.3. The van der Waals surface area contributed by atoms with Gasteiger partial charge in [0.15, 0.2) is 23.1 Å². The topological polar surface area (TPSA) is 118 Å². The number of carbonyl (C=O) groups is 2. The normalized spacial score (nSPS) is 10.4. The van der Waals surface area contributed by atoms with Gasteiger partial charge in [0.25, 0.3) is 5.91 Å². The number of carbonyl (C=O) groups excluding carboxylic acids is 2. The van der Waals surface area contributed by atoms with Gasteiger partial charge in [-0.05, 0) is 60.7 Å². The van der Waals surface area contributed by atoms with Gasteiger partial charge in [0, 0.05) is 23.3 Å². The largest absolute Gasteiger partial charge is 0.465 e. The first-order valence-electron chi connectivity index (χ1n) is 10.2. The highest BCUT2D eigenvalue weighted by Crippen LogP contribution is 2.22. The van der Waals surface area contributed by atoms with Crippen molar-refractivity contribution in [3.63, 3.8) is 0 Å². The molecular weight excluding hydrogens is 458 g/mol. The molecule has 0 atom stereocenters. The average molecular weight is 476 g/mol. The van der Waals surface area contributed by atoms with E-state index in [1.807, 2.05) is 0 Å². The Labute approximate surface area is 198 Å². The Morgan fingerprint density at radius 2 is 1.49 bits per heavy atom. The number of halogens is 2. The van der Waals surface area contributed by atoms with Crippen molar-refractivity contribution in [1.82, 2.24) is 15.0 Å². The van der Waals surface area contributed by atoms with Gasteiger partial charge in [-0.25, -0.2) is 23.5 Å².